The molecule has 5 nitrogen and oxygen atoms in total. The van der Waals surface area contributed by atoms with Gasteiger partial charge in [-0.25, -0.2) is 9.97 Å². The Bertz CT molecular complexity index is 691. The number of aromatic nitrogens is 2. The van der Waals surface area contributed by atoms with Gasteiger partial charge in [-0.15, -0.1) is 0 Å². The monoisotopic (exact) mass is 363 g/mol. The van der Waals surface area contributed by atoms with Crippen molar-refractivity contribution in [2.24, 2.45) is 0 Å². The summed E-state index contributed by atoms with van der Waals surface area (Å²) in [7, 11) is 0. The molecule has 2 rings (SSSR count). The lowest BCUT2D eigenvalue weighted by Gasteiger charge is -2.12. The molecule has 9 heteroatoms. The van der Waals surface area contributed by atoms with Gasteiger partial charge >= 0.3 is 12.1 Å². The fourth-order valence-corrected chi connectivity index (χ4v) is 2.01. The third kappa shape index (κ3) is 3.81. The van der Waals surface area contributed by atoms with Crippen molar-refractivity contribution in [3.05, 3.63) is 28.5 Å². The van der Waals surface area contributed by atoms with Crippen LogP contribution in [0.4, 0.5) is 19.0 Å². The van der Waals surface area contributed by atoms with Crippen LogP contribution in [-0.2, 0) is 11.0 Å². The van der Waals surface area contributed by atoms with Gasteiger partial charge in [-0.2, -0.15) is 13.2 Å². The van der Waals surface area contributed by atoms with E-state index in [-0.39, 0.29) is 24.3 Å². The number of fused-ring (bicyclic) bond motifs is 1. The largest absolute Gasteiger partial charge is 0.481 e. The number of hydrogen-bond acceptors (Lipinski definition) is 4. The normalized spacial score (nSPS) is 11.6. The third-order valence-corrected chi connectivity index (χ3v) is 3.04. The van der Waals surface area contributed by atoms with Gasteiger partial charge in [-0.05, 0) is 18.2 Å². The Morgan fingerprint density at radius 3 is 2.67 bits per heavy atom. The molecule has 0 saturated carbocycles. The lowest BCUT2D eigenvalue weighted by atomic mass is 10.2. The molecule has 1 aromatic heterocycles. The summed E-state index contributed by atoms with van der Waals surface area (Å²) < 4.78 is 39.0. The second-order valence-corrected chi connectivity index (χ2v) is 5.04. The van der Waals surface area contributed by atoms with Gasteiger partial charge in [0.1, 0.15) is 5.82 Å². The van der Waals surface area contributed by atoms with Crippen LogP contribution in [0.3, 0.4) is 0 Å². The number of anilines is 1. The van der Waals surface area contributed by atoms with Gasteiger partial charge in [-0.1, -0.05) is 15.9 Å². The SMILES string of the molecule is O=C(O)CCNc1nc(C(F)(F)F)nc2ccc(Br)cc12. The zero-order valence-corrected chi connectivity index (χ0v) is 12.0. The highest BCUT2D eigenvalue weighted by Crippen LogP contribution is 2.31. The van der Waals surface area contributed by atoms with Crippen molar-refractivity contribution < 1.29 is 23.1 Å². The van der Waals surface area contributed by atoms with Crippen LogP contribution in [0.25, 0.3) is 10.9 Å². The maximum absolute atomic E-state index is 12.8. The molecule has 2 N–H and O–H groups in total. The Morgan fingerprint density at radius 1 is 1.33 bits per heavy atom. The number of aliphatic carboxylic acids is 1. The second-order valence-electron chi connectivity index (χ2n) is 4.13. The fourth-order valence-electron chi connectivity index (χ4n) is 1.65. The van der Waals surface area contributed by atoms with E-state index in [0.29, 0.717) is 9.86 Å². The highest BCUT2D eigenvalue weighted by Gasteiger charge is 2.35. The molecule has 0 aliphatic heterocycles. The number of carbonyl (C=O) groups is 1. The smallest absolute Gasteiger partial charge is 0.451 e. The van der Waals surface area contributed by atoms with E-state index in [4.69, 9.17) is 5.11 Å². The van der Waals surface area contributed by atoms with Crippen LogP contribution in [0.5, 0.6) is 0 Å². The minimum atomic E-state index is -4.68. The van der Waals surface area contributed by atoms with Crippen LogP contribution in [0.1, 0.15) is 12.2 Å². The molecule has 0 radical (unpaired) electrons. The maximum Gasteiger partial charge on any atom is 0.451 e. The van der Waals surface area contributed by atoms with E-state index in [1.165, 1.54) is 6.07 Å². The lowest BCUT2D eigenvalue weighted by molar-refractivity contribution is -0.144. The van der Waals surface area contributed by atoms with Gasteiger partial charge in [0.2, 0.25) is 5.82 Å². The molecule has 0 amide bonds. The van der Waals surface area contributed by atoms with Gasteiger partial charge in [0.05, 0.1) is 11.9 Å². The molecule has 0 fully saturated rings. The zero-order chi connectivity index (χ0) is 15.6. The first-order valence-corrected chi connectivity index (χ1v) is 6.57. The first-order valence-electron chi connectivity index (χ1n) is 5.77. The van der Waals surface area contributed by atoms with Crippen molar-refractivity contribution in [3.63, 3.8) is 0 Å². The number of alkyl halides is 3. The van der Waals surface area contributed by atoms with Crippen LogP contribution >= 0.6 is 15.9 Å². The van der Waals surface area contributed by atoms with E-state index in [2.05, 4.69) is 31.2 Å². The van der Waals surface area contributed by atoms with Crippen molar-refractivity contribution in [2.45, 2.75) is 12.6 Å². The summed E-state index contributed by atoms with van der Waals surface area (Å²) in [4.78, 5) is 17.4. The summed E-state index contributed by atoms with van der Waals surface area (Å²) in [6.45, 7) is -0.0365. The van der Waals surface area contributed by atoms with Crippen molar-refractivity contribution in [1.82, 2.24) is 9.97 Å². The Hall–Kier alpha value is -1.90. The van der Waals surface area contributed by atoms with Crippen molar-refractivity contribution in [3.8, 4) is 0 Å². The molecule has 2 aromatic rings. The van der Waals surface area contributed by atoms with E-state index in [1.54, 1.807) is 12.1 Å². The highest BCUT2D eigenvalue weighted by molar-refractivity contribution is 9.10. The number of rotatable bonds is 4. The van der Waals surface area contributed by atoms with Gasteiger partial charge in [0.15, 0.2) is 0 Å². The van der Waals surface area contributed by atoms with E-state index in [0.717, 1.165) is 0 Å². The standard InChI is InChI=1S/C12H9BrF3N3O2/c13-6-1-2-8-7(5-6)10(17-4-3-9(20)21)19-11(18-8)12(14,15)16/h1-2,5H,3-4H2,(H,20,21)(H,17,18,19). The second kappa shape index (κ2) is 5.84. The summed E-state index contributed by atoms with van der Waals surface area (Å²) in [5.41, 5.74) is 0.123. The predicted octanol–water partition coefficient (Wildman–Crippen LogP) is 3.30. The molecule has 0 atom stereocenters. The molecule has 112 valence electrons. The van der Waals surface area contributed by atoms with Gasteiger partial charge in [0.25, 0.3) is 0 Å². The molecule has 0 bridgehead atoms. The van der Waals surface area contributed by atoms with Crippen LogP contribution in [-0.4, -0.2) is 27.6 Å². The van der Waals surface area contributed by atoms with Crippen molar-refractivity contribution in [2.75, 3.05) is 11.9 Å². The number of carboxylic acids is 1. The van der Waals surface area contributed by atoms with E-state index in [1.807, 2.05) is 0 Å². The Balaban J connectivity index is 2.47. The number of nitrogens with zero attached hydrogens (tertiary/aromatic N) is 2. The molecule has 1 heterocycles. The maximum atomic E-state index is 12.8. The summed E-state index contributed by atoms with van der Waals surface area (Å²) in [6.07, 6.45) is -4.91. The first kappa shape index (κ1) is 15.5. The number of hydrogen-bond donors (Lipinski definition) is 2. The Kier molecular flexibility index (Phi) is 4.31. The molecule has 21 heavy (non-hydrogen) atoms. The topological polar surface area (TPSA) is 75.1 Å². The summed E-state index contributed by atoms with van der Waals surface area (Å²) in [5, 5.41) is 11.6. The van der Waals surface area contributed by atoms with Crippen LogP contribution in [0.15, 0.2) is 22.7 Å². The number of carboxylic acid groups (broad SMARTS) is 1. The molecule has 0 unspecified atom stereocenters. The Morgan fingerprint density at radius 2 is 2.05 bits per heavy atom. The average molecular weight is 364 g/mol. The van der Waals surface area contributed by atoms with Gasteiger partial charge in [-0.3, -0.25) is 4.79 Å². The fraction of sp³-hybridized carbons (Fsp3) is 0.250. The minimum Gasteiger partial charge on any atom is -0.481 e. The molecule has 1 aromatic carbocycles. The zero-order valence-electron chi connectivity index (χ0n) is 10.4. The van der Waals surface area contributed by atoms with Crippen molar-refractivity contribution in [1.29, 1.82) is 0 Å². The summed E-state index contributed by atoms with van der Waals surface area (Å²) >= 11 is 3.22. The number of halogens is 4. The van der Waals surface area contributed by atoms with E-state index < -0.39 is 18.0 Å². The van der Waals surface area contributed by atoms with Gasteiger partial charge < -0.3 is 10.4 Å². The first-order chi connectivity index (χ1) is 9.77. The van der Waals surface area contributed by atoms with E-state index in [9.17, 15) is 18.0 Å². The van der Waals surface area contributed by atoms with Crippen LogP contribution in [0.2, 0.25) is 0 Å². The highest BCUT2D eigenvalue weighted by atomic mass is 79.9. The summed E-state index contributed by atoms with van der Waals surface area (Å²) in [5.74, 6) is -2.37. The number of benzene rings is 1. The van der Waals surface area contributed by atoms with Crippen LogP contribution in [0, 0.1) is 0 Å². The average Bonchev–Trinajstić information content (AvgIpc) is 2.37. The minimum absolute atomic E-state index is 0.0365. The molecular formula is C12H9BrF3N3O2. The predicted molar refractivity (Wildman–Crippen MR) is 73.0 cm³/mol. The third-order valence-electron chi connectivity index (χ3n) is 2.54. The van der Waals surface area contributed by atoms with E-state index >= 15 is 0 Å². The quantitative estimate of drug-likeness (QED) is 0.871. The molecule has 0 aliphatic carbocycles. The molecular weight excluding hydrogens is 355 g/mol. The van der Waals surface area contributed by atoms with Crippen molar-refractivity contribution >= 4 is 38.6 Å². The van der Waals surface area contributed by atoms with Crippen LogP contribution < -0.4 is 5.32 Å². The molecule has 0 spiro atoms. The molecule has 0 aliphatic rings. The van der Waals surface area contributed by atoms with Gasteiger partial charge in [0, 0.05) is 16.4 Å². The summed E-state index contributed by atoms with van der Waals surface area (Å²) in [6, 6.07) is 4.56. The molecule has 0 saturated heterocycles. The Labute approximate surface area is 125 Å². The number of nitrogens with one attached hydrogen (secondary N) is 1. The lowest BCUT2D eigenvalue weighted by Crippen LogP contribution is -2.15.